The van der Waals surface area contributed by atoms with E-state index in [0.29, 0.717) is 22.8 Å². The molecule has 2 aromatic carbocycles. The summed E-state index contributed by atoms with van der Waals surface area (Å²) in [6, 6.07) is 6.98. The van der Waals surface area contributed by atoms with Gasteiger partial charge in [-0.25, -0.2) is 0 Å². The summed E-state index contributed by atoms with van der Waals surface area (Å²) in [7, 11) is 6.02. The second-order valence-electron chi connectivity index (χ2n) is 5.72. The first-order chi connectivity index (χ1) is 12.5. The first kappa shape index (κ1) is 17.7. The highest BCUT2D eigenvalue weighted by Crippen LogP contribution is 2.49. The lowest BCUT2D eigenvalue weighted by Crippen LogP contribution is -2.21. The van der Waals surface area contributed by atoms with E-state index in [1.807, 2.05) is 0 Å². The van der Waals surface area contributed by atoms with Gasteiger partial charge in [-0.2, -0.15) is 0 Å². The maximum atomic E-state index is 12.1. The molecule has 26 heavy (non-hydrogen) atoms. The van der Waals surface area contributed by atoms with Gasteiger partial charge in [0.25, 0.3) is 0 Å². The minimum Gasteiger partial charge on any atom is -0.502 e. The van der Waals surface area contributed by atoms with Crippen LogP contribution in [0.25, 0.3) is 0 Å². The van der Waals surface area contributed by atoms with E-state index in [4.69, 9.17) is 23.7 Å². The van der Waals surface area contributed by atoms with Gasteiger partial charge >= 0.3 is 5.97 Å². The number of hydrogen-bond donors (Lipinski definition) is 1. The maximum absolute atomic E-state index is 12.1. The number of hydrogen-bond acceptors (Lipinski definition) is 7. The number of phenolic OH excluding ortho intramolecular Hbond substituents is 1. The number of esters is 1. The van der Waals surface area contributed by atoms with Crippen molar-refractivity contribution in [3.05, 3.63) is 35.4 Å². The lowest BCUT2D eigenvalue weighted by Gasteiger charge is -2.27. The maximum Gasteiger partial charge on any atom is 0.312 e. The summed E-state index contributed by atoms with van der Waals surface area (Å²) in [6.07, 6.45) is 0.122. The first-order valence-electron chi connectivity index (χ1n) is 7.94. The van der Waals surface area contributed by atoms with Gasteiger partial charge in [-0.15, -0.1) is 0 Å². The van der Waals surface area contributed by atoms with Gasteiger partial charge in [0.1, 0.15) is 0 Å². The van der Waals surface area contributed by atoms with Gasteiger partial charge < -0.3 is 28.8 Å². The topological polar surface area (TPSA) is 83.5 Å². The molecule has 0 bridgehead atoms. The van der Waals surface area contributed by atoms with Crippen LogP contribution in [0, 0.1) is 0 Å². The van der Waals surface area contributed by atoms with Crippen molar-refractivity contribution in [2.75, 3.05) is 28.4 Å². The molecule has 7 nitrogen and oxygen atoms in total. The number of rotatable bonds is 5. The zero-order valence-electron chi connectivity index (χ0n) is 15.0. The van der Waals surface area contributed by atoms with Crippen molar-refractivity contribution in [3.8, 4) is 34.5 Å². The van der Waals surface area contributed by atoms with Crippen LogP contribution >= 0.6 is 0 Å². The zero-order valence-corrected chi connectivity index (χ0v) is 15.0. The fourth-order valence-electron chi connectivity index (χ4n) is 3.15. The summed E-state index contributed by atoms with van der Waals surface area (Å²) in [5.74, 6) is 0.809. The van der Waals surface area contributed by atoms with Crippen LogP contribution in [0.2, 0.25) is 0 Å². The van der Waals surface area contributed by atoms with Gasteiger partial charge in [0, 0.05) is 11.5 Å². The number of fused-ring (bicyclic) bond motifs is 1. The highest BCUT2D eigenvalue weighted by Gasteiger charge is 2.33. The average Bonchev–Trinajstić information content (AvgIpc) is 2.66. The molecule has 0 amide bonds. The van der Waals surface area contributed by atoms with E-state index in [0.717, 1.165) is 5.56 Å². The molecule has 7 heteroatoms. The molecular weight excluding hydrogens is 340 g/mol. The van der Waals surface area contributed by atoms with Crippen LogP contribution in [0.1, 0.15) is 23.5 Å². The molecule has 138 valence electrons. The Morgan fingerprint density at radius 3 is 2.12 bits per heavy atom. The quantitative estimate of drug-likeness (QED) is 0.648. The van der Waals surface area contributed by atoms with Crippen LogP contribution in [0.3, 0.4) is 0 Å². The molecular formula is C19H20O7. The molecule has 1 atom stereocenters. The van der Waals surface area contributed by atoms with E-state index in [9.17, 15) is 9.90 Å². The molecule has 0 saturated heterocycles. The van der Waals surface area contributed by atoms with Crippen molar-refractivity contribution in [2.24, 2.45) is 0 Å². The van der Waals surface area contributed by atoms with Gasteiger partial charge in [-0.3, -0.25) is 4.79 Å². The highest BCUT2D eigenvalue weighted by atomic mass is 16.5. The Kier molecular flexibility index (Phi) is 4.79. The fourth-order valence-corrected chi connectivity index (χ4v) is 3.15. The second kappa shape index (κ2) is 7.03. The number of aromatic hydroxyl groups is 1. The zero-order chi connectivity index (χ0) is 18.8. The highest BCUT2D eigenvalue weighted by molar-refractivity contribution is 5.80. The molecule has 1 unspecified atom stereocenters. The van der Waals surface area contributed by atoms with Crippen molar-refractivity contribution in [3.63, 3.8) is 0 Å². The van der Waals surface area contributed by atoms with Crippen molar-refractivity contribution >= 4 is 5.97 Å². The molecule has 0 spiro atoms. The number of methoxy groups -OCH3 is 4. The molecule has 0 saturated carbocycles. The fraction of sp³-hybridized carbons (Fsp3) is 0.316. The first-order valence-corrected chi connectivity index (χ1v) is 7.94. The average molecular weight is 360 g/mol. The molecule has 0 radical (unpaired) electrons. The molecule has 1 heterocycles. The van der Waals surface area contributed by atoms with Gasteiger partial charge in [0.15, 0.2) is 23.0 Å². The summed E-state index contributed by atoms with van der Waals surface area (Å²) in [6.45, 7) is 0. The van der Waals surface area contributed by atoms with Crippen LogP contribution in [-0.2, 0) is 4.79 Å². The summed E-state index contributed by atoms with van der Waals surface area (Å²) >= 11 is 0. The van der Waals surface area contributed by atoms with Gasteiger partial charge in [-0.1, -0.05) is 6.07 Å². The largest absolute Gasteiger partial charge is 0.502 e. The minimum atomic E-state index is -0.445. The Labute approximate surface area is 151 Å². The van der Waals surface area contributed by atoms with Crippen molar-refractivity contribution in [1.29, 1.82) is 0 Å². The second-order valence-corrected chi connectivity index (χ2v) is 5.72. The SMILES string of the molecule is COc1ccc2c(c1O)OC(=O)CC2c1cc(OC)c(OC)c(OC)c1. The van der Waals surface area contributed by atoms with E-state index in [-0.39, 0.29) is 29.6 Å². The molecule has 2 aromatic rings. The Bertz CT molecular complexity index is 819. The van der Waals surface area contributed by atoms with Crippen LogP contribution < -0.4 is 23.7 Å². The monoisotopic (exact) mass is 360 g/mol. The predicted octanol–water partition coefficient (Wildman–Crippen LogP) is 2.87. The normalized spacial score (nSPS) is 15.7. The Balaban J connectivity index is 2.17. The summed E-state index contributed by atoms with van der Waals surface area (Å²) in [4.78, 5) is 12.1. The lowest BCUT2D eigenvalue weighted by atomic mass is 9.85. The third-order valence-electron chi connectivity index (χ3n) is 4.40. The standard InChI is InChI=1S/C19H20O7/c1-22-13-6-5-11-12(9-16(20)26-18(11)17(13)21)10-7-14(23-2)19(25-4)15(8-10)24-3/h5-8,12,21H,9H2,1-4H3. The summed E-state index contributed by atoms with van der Waals surface area (Å²) in [5, 5.41) is 10.3. The van der Waals surface area contributed by atoms with Gasteiger partial charge in [0.05, 0.1) is 34.9 Å². The van der Waals surface area contributed by atoms with Crippen molar-refractivity contribution < 1.29 is 33.6 Å². The minimum absolute atomic E-state index is 0.111. The van der Waals surface area contributed by atoms with E-state index in [2.05, 4.69) is 0 Å². The van der Waals surface area contributed by atoms with Crippen molar-refractivity contribution in [2.45, 2.75) is 12.3 Å². The molecule has 0 aromatic heterocycles. The lowest BCUT2D eigenvalue weighted by molar-refractivity contribution is -0.135. The smallest absolute Gasteiger partial charge is 0.312 e. The Morgan fingerprint density at radius 2 is 1.58 bits per heavy atom. The summed E-state index contributed by atoms with van der Waals surface area (Å²) < 4.78 is 26.5. The molecule has 0 aliphatic carbocycles. The number of ether oxygens (including phenoxy) is 5. The van der Waals surface area contributed by atoms with Crippen LogP contribution in [0.5, 0.6) is 34.5 Å². The number of phenols is 1. The molecule has 1 aliphatic rings. The van der Waals surface area contributed by atoms with Gasteiger partial charge in [0.2, 0.25) is 11.5 Å². The Morgan fingerprint density at radius 1 is 0.962 bits per heavy atom. The van der Waals surface area contributed by atoms with Crippen LogP contribution in [0.4, 0.5) is 0 Å². The van der Waals surface area contributed by atoms with E-state index in [1.54, 1.807) is 24.3 Å². The Hall–Kier alpha value is -3.09. The third-order valence-corrected chi connectivity index (χ3v) is 4.40. The van der Waals surface area contributed by atoms with Crippen LogP contribution in [0.15, 0.2) is 24.3 Å². The van der Waals surface area contributed by atoms with Crippen molar-refractivity contribution in [1.82, 2.24) is 0 Å². The molecule has 0 fully saturated rings. The number of benzene rings is 2. The van der Waals surface area contributed by atoms with E-state index < -0.39 is 5.97 Å². The van der Waals surface area contributed by atoms with Crippen LogP contribution in [-0.4, -0.2) is 39.5 Å². The molecule has 3 rings (SSSR count). The third kappa shape index (κ3) is 2.85. The summed E-state index contributed by atoms with van der Waals surface area (Å²) in [5.41, 5.74) is 1.46. The van der Waals surface area contributed by atoms with E-state index in [1.165, 1.54) is 28.4 Å². The number of carbonyl (C=O) groups is 1. The number of carbonyl (C=O) groups excluding carboxylic acids is 1. The van der Waals surface area contributed by atoms with Gasteiger partial charge in [-0.05, 0) is 23.8 Å². The molecule has 1 aliphatic heterocycles. The predicted molar refractivity (Wildman–Crippen MR) is 92.9 cm³/mol. The molecule has 1 N–H and O–H groups in total. The van der Waals surface area contributed by atoms with E-state index >= 15 is 0 Å².